The topological polar surface area (TPSA) is 66.5 Å². The van der Waals surface area contributed by atoms with E-state index in [-0.39, 0.29) is 27.8 Å². The normalized spacial score (nSPS) is 34.0. The number of esters is 1. The molecule has 0 bridgehead atoms. The fourth-order valence-corrected chi connectivity index (χ4v) is 5.07. The van der Waals surface area contributed by atoms with Gasteiger partial charge in [0, 0.05) is 51.1 Å². The maximum Gasteiger partial charge on any atom is 0.338 e. The lowest BCUT2D eigenvalue weighted by Crippen LogP contribution is -2.58. The molecule has 0 radical (unpaired) electrons. The number of hydrogen-bond acceptors (Lipinski definition) is 7. The Labute approximate surface area is 186 Å². The van der Waals surface area contributed by atoms with Crippen LogP contribution in [0.15, 0.2) is 12.1 Å². The van der Waals surface area contributed by atoms with Crippen LogP contribution >= 0.6 is 11.6 Å². The summed E-state index contributed by atoms with van der Waals surface area (Å²) in [5.41, 5.74) is 0.213. The average molecular weight is 443 g/mol. The molecule has 2 atom stereocenters. The van der Waals surface area contributed by atoms with Crippen molar-refractivity contribution in [1.82, 2.24) is 4.90 Å². The molecule has 1 aliphatic carbocycles. The first kappa shape index (κ1) is 18.2. The van der Waals surface area contributed by atoms with Crippen molar-refractivity contribution in [2.75, 3.05) is 34.3 Å². The summed E-state index contributed by atoms with van der Waals surface area (Å²) in [7, 11) is 0.223. The minimum absolute atomic E-state index is 0.00431. The average Bonchev–Trinajstić information content (AvgIpc) is 2.70. The predicted octanol–water partition coefficient (Wildman–Crippen LogP) is 3.79. The van der Waals surface area contributed by atoms with Crippen LogP contribution in [-0.4, -0.2) is 63.1 Å². The van der Waals surface area contributed by atoms with Crippen LogP contribution < -0.4 is 4.74 Å². The molecule has 2 fully saturated rings. The van der Waals surface area contributed by atoms with Crippen LogP contribution in [0.2, 0.25) is 5.02 Å². The van der Waals surface area contributed by atoms with E-state index < -0.39 is 25.1 Å². The number of likely N-dealkylation sites (tertiary alicyclic amines) is 1. The molecular weight excluding hydrogens is 410 g/mol. The van der Waals surface area contributed by atoms with Crippen molar-refractivity contribution in [3.8, 4) is 5.75 Å². The Morgan fingerprint density at radius 3 is 2.60 bits per heavy atom. The third-order valence-corrected chi connectivity index (χ3v) is 6.89. The Kier molecular flexibility index (Phi) is 5.24. The van der Waals surface area contributed by atoms with Crippen LogP contribution in [0.5, 0.6) is 5.75 Å². The van der Waals surface area contributed by atoms with Crippen LogP contribution in [0.25, 0.3) is 0 Å². The summed E-state index contributed by atoms with van der Waals surface area (Å²) in [5, 5.41) is 0.264. The number of hydrogen-bond donors (Lipinski definition) is 0. The van der Waals surface area contributed by atoms with Gasteiger partial charge in [-0.1, -0.05) is 11.6 Å². The summed E-state index contributed by atoms with van der Waals surface area (Å²) in [6.45, 7) is 3.69. The van der Waals surface area contributed by atoms with Crippen LogP contribution in [0.4, 0.5) is 0 Å². The lowest BCUT2D eigenvalue weighted by molar-refractivity contribution is -0.308. The quantitative estimate of drug-likeness (QED) is 0.642. The zero-order chi connectivity index (χ0) is 24.0. The van der Waals surface area contributed by atoms with Gasteiger partial charge in [-0.3, -0.25) is 4.90 Å². The van der Waals surface area contributed by atoms with Crippen LogP contribution in [0.3, 0.4) is 0 Å². The highest BCUT2D eigenvalue weighted by molar-refractivity contribution is 6.31. The molecule has 0 spiro atoms. The maximum atomic E-state index is 12.4. The molecule has 1 aromatic rings. The van der Waals surface area contributed by atoms with E-state index in [0.717, 1.165) is 38.8 Å². The lowest BCUT2D eigenvalue weighted by Gasteiger charge is -2.49. The molecule has 2 aliphatic heterocycles. The van der Waals surface area contributed by atoms with E-state index in [4.69, 9.17) is 39.4 Å². The van der Waals surface area contributed by atoms with Crippen molar-refractivity contribution >= 4 is 17.6 Å². The van der Waals surface area contributed by atoms with E-state index in [1.807, 2.05) is 0 Å². The maximum absolute atomic E-state index is 12.4. The Morgan fingerprint density at radius 2 is 1.97 bits per heavy atom. The van der Waals surface area contributed by atoms with Gasteiger partial charge in [-0.15, -0.1) is 0 Å². The zero-order valence-corrected chi connectivity index (χ0v) is 18.2. The molecule has 1 saturated carbocycles. The second-order valence-corrected chi connectivity index (χ2v) is 8.80. The molecule has 4 rings (SSSR count). The smallest absolute Gasteiger partial charge is 0.338 e. The highest BCUT2D eigenvalue weighted by Gasteiger charge is 2.48. The number of rotatable bonds is 5. The minimum Gasteiger partial charge on any atom is -0.465 e. The molecule has 0 aromatic heterocycles. The van der Waals surface area contributed by atoms with Crippen molar-refractivity contribution in [3.05, 3.63) is 28.3 Å². The molecule has 166 valence electrons. The first-order chi connectivity index (χ1) is 15.5. The Morgan fingerprint density at radius 1 is 1.23 bits per heavy atom. The number of carbonyl (C=O) groups is 1. The lowest BCUT2D eigenvalue weighted by atomic mass is 9.79. The molecule has 0 N–H and O–H groups in total. The molecule has 8 heteroatoms. The van der Waals surface area contributed by atoms with Crippen molar-refractivity contribution in [3.63, 3.8) is 0 Å². The van der Waals surface area contributed by atoms with Gasteiger partial charge in [0.05, 0.1) is 28.5 Å². The second-order valence-electron chi connectivity index (χ2n) is 8.36. The molecule has 2 heterocycles. The number of methoxy groups -OCH3 is 3. The van der Waals surface area contributed by atoms with Crippen LogP contribution in [0.1, 0.15) is 58.9 Å². The van der Waals surface area contributed by atoms with E-state index in [1.165, 1.54) is 13.2 Å². The number of halogens is 1. The summed E-state index contributed by atoms with van der Waals surface area (Å²) >= 11 is 6.25. The van der Waals surface area contributed by atoms with E-state index in [2.05, 4.69) is 4.90 Å². The number of benzene rings is 1. The molecule has 7 nitrogen and oxygen atoms in total. The standard InChI is InChI=1S/C22H30ClNO6/c1-22(13-5-7-15(8-6-13)24-11-16(12-24)26-2)29-18-10-14(23)9-17(20(25)27-3)19(18)21(28-4)30-22/h9-10,13,15-16,21H,5-8,11-12H2,1-4H3/i4D3. The first-order valence-electron chi connectivity index (χ1n) is 11.8. The Balaban J connectivity index is 1.57. The number of carbonyl (C=O) groups excluding carboxylic acids is 1. The van der Waals surface area contributed by atoms with Crippen molar-refractivity contribution < 1.29 is 32.6 Å². The molecular formula is C22H30ClNO6. The SMILES string of the molecule is [2H]C([2H])([2H])OC1OC(C)(C2CCC(N3CC(OC)C3)CC2)Oc2cc(Cl)cc(C(=O)OC)c21. The van der Waals surface area contributed by atoms with Gasteiger partial charge in [-0.05, 0) is 37.8 Å². The third-order valence-electron chi connectivity index (χ3n) is 6.67. The molecule has 30 heavy (non-hydrogen) atoms. The van der Waals surface area contributed by atoms with Crippen molar-refractivity contribution in [1.29, 1.82) is 0 Å². The highest BCUT2D eigenvalue weighted by Crippen LogP contribution is 2.48. The van der Waals surface area contributed by atoms with Crippen LogP contribution in [-0.2, 0) is 18.9 Å². The Hall–Kier alpha value is -1.38. The summed E-state index contributed by atoms with van der Waals surface area (Å²) in [5.74, 6) is -1.56. The number of ether oxygens (including phenoxy) is 5. The predicted molar refractivity (Wildman–Crippen MR) is 111 cm³/mol. The van der Waals surface area contributed by atoms with Gasteiger partial charge in [0.25, 0.3) is 0 Å². The Bertz CT molecular complexity index is 886. The van der Waals surface area contributed by atoms with Gasteiger partial charge in [0.15, 0.2) is 6.29 Å². The summed E-state index contributed by atoms with van der Waals surface area (Å²) < 4.78 is 50.8. The zero-order valence-electron chi connectivity index (χ0n) is 20.5. The minimum atomic E-state index is -2.75. The number of fused-ring (bicyclic) bond motifs is 1. The summed E-state index contributed by atoms with van der Waals surface area (Å²) in [4.78, 5) is 14.8. The van der Waals surface area contributed by atoms with Gasteiger partial charge in [0.1, 0.15) is 5.75 Å². The summed E-state index contributed by atoms with van der Waals surface area (Å²) in [6.07, 6.45) is 2.61. The third kappa shape index (κ3) is 3.94. The fraction of sp³-hybridized carbons (Fsp3) is 0.682. The number of nitrogens with zero attached hydrogens (tertiary/aromatic N) is 1. The van der Waals surface area contributed by atoms with Gasteiger partial charge in [-0.2, -0.15) is 0 Å². The van der Waals surface area contributed by atoms with Gasteiger partial charge in [-0.25, -0.2) is 4.79 Å². The molecule has 0 amide bonds. The van der Waals surface area contributed by atoms with Gasteiger partial charge in [0.2, 0.25) is 5.79 Å². The molecule has 3 aliphatic rings. The van der Waals surface area contributed by atoms with E-state index in [9.17, 15) is 4.79 Å². The molecule has 2 unspecified atom stereocenters. The summed E-state index contributed by atoms with van der Waals surface area (Å²) in [6, 6.07) is 3.43. The van der Waals surface area contributed by atoms with E-state index in [0.29, 0.717) is 12.1 Å². The van der Waals surface area contributed by atoms with E-state index >= 15 is 0 Å². The van der Waals surface area contributed by atoms with E-state index in [1.54, 1.807) is 20.1 Å². The van der Waals surface area contributed by atoms with Gasteiger partial charge < -0.3 is 23.7 Å². The highest BCUT2D eigenvalue weighted by atomic mass is 35.5. The molecule has 1 aromatic carbocycles. The fourth-order valence-electron chi connectivity index (χ4n) is 4.86. The second kappa shape index (κ2) is 8.63. The monoisotopic (exact) mass is 442 g/mol. The first-order valence-corrected chi connectivity index (χ1v) is 10.6. The van der Waals surface area contributed by atoms with Crippen LogP contribution in [0, 0.1) is 5.92 Å². The molecule has 1 saturated heterocycles. The van der Waals surface area contributed by atoms with Crippen molar-refractivity contribution in [2.24, 2.45) is 5.92 Å². The van der Waals surface area contributed by atoms with Gasteiger partial charge >= 0.3 is 5.97 Å². The largest absolute Gasteiger partial charge is 0.465 e. The van der Waals surface area contributed by atoms with Crippen molar-refractivity contribution in [2.45, 2.75) is 56.8 Å².